The molecule has 0 bridgehead atoms. The van der Waals surface area contributed by atoms with E-state index in [0.717, 1.165) is 0 Å². The van der Waals surface area contributed by atoms with E-state index in [1.165, 1.54) is 0 Å². The standard InChI is InChI=1S/C23H36N4O4/c1-22(2,14-20(30)26-16-24)12-6-10-18(28)8-5-9-19(29)11-7-13-23(3,4)15-21(31)27-17-25/h5-15H2,1-4H3,(H,26,30)(H,27,31). The Bertz CT molecular complexity index is 654. The van der Waals surface area contributed by atoms with Gasteiger partial charge in [0.1, 0.15) is 11.6 Å². The third-order valence-electron chi connectivity index (χ3n) is 5.20. The van der Waals surface area contributed by atoms with Crippen LogP contribution in [0.15, 0.2) is 0 Å². The Morgan fingerprint density at radius 1 is 0.645 bits per heavy atom. The molecule has 0 heterocycles. The van der Waals surface area contributed by atoms with E-state index in [1.54, 1.807) is 12.4 Å². The van der Waals surface area contributed by atoms with Crippen molar-refractivity contribution in [3.05, 3.63) is 0 Å². The molecule has 0 aliphatic heterocycles. The van der Waals surface area contributed by atoms with Crippen LogP contribution in [-0.2, 0) is 19.2 Å². The van der Waals surface area contributed by atoms with E-state index in [-0.39, 0.29) is 47.1 Å². The van der Waals surface area contributed by atoms with Crippen molar-refractivity contribution in [2.24, 2.45) is 10.8 Å². The molecule has 0 saturated heterocycles. The molecule has 0 aromatic heterocycles. The highest BCUT2D eigenvalue weighted by Crippen LogP contribution is 2.28. The van der Waals surface area contributed by atoms with Gasteiger partial charge < -0.3 is 0 Å². The number of nitriles is 2. The molecule has 0 radical (unpaired) electrons. The monoisotopic (exact) mass is 432 g/mol. The number of ketones is 2. The first-order chi connectivity index (χ1) is 14.4. The van der Waals surface area contributed by atoms with Crippen LogP contribution in [-0.4, -0.2) is 23.4 Å². The van der Waals surface area contributed by atoms with Crippen LogP contribution in [0.5, 0.6) is 0 Å². The van der Waals surface area contributed by atoms with Crippen LogP contribution in [0.4, 0.5) is 0 Å². The molecule has 0 aromatic rings. The maximum Gasteiger partial charge on any atom is 0.233 e. The SMILES string of the molecule is CC(C)(CCCC(=O)CCCC(=O)CCCC(C)(C)CC(=O)NC#N)CC(=O)NC#N. The molecule has 31 heavy (non-hydrogen) atoms. The second kappa shape index (κ2) is 14.3. The van der Waals surface area contributed by atoms with Gasteiger partial charge in [-0.25, -0.2) is 0 Å². The average Bonchev–Trinajstić information content (AvgIpc) is 2.60. The average molecular weight is 433 g/mol. The second-order valence-corrected chi connectivity index (χ2v) is 9.64. The van der Waals surface area contributed by atoms with Crippen LogP contribution in [0.25, 0.3) is 0 Å². The van der Waals surface area contributed by atoms with Crippen molar-refractivity contribution in [1.29, 1.82) is 10.5 Å². The van der Waals surface area contributed by atoms with E-state index < -0.39 is 0 Å². The smallest absolute Gasteiger partial charge is 0.233 e. The summed E-state index contributed by atoms with van der Waals surface area (Å²) in [6.45, 7) is 7.74. The number of rotatable bonds is 16. The maximum absolute atomic E-state index is 12.0. The van der Waals surface area contributed by atoms with Crippen molar-refractivity contribution in [1.82, 2.24) is 10.6 Å². The van der Waals surface area contributed by atoms with E-state index in [9.17, 15) is 19.2 Å². The van der Waals surface area contributed by atoms with E-state index in [2.05, 4.69) is 10.6 Å². The van der Waals surface area contributed by atoms with E-state index in [0.29, 0.717) is 57.8 Å². The zero-order valence-electron chi connectivity index (χ0n) is 19.3. The lowest BCUT2D eigenvalue weighted by Crippen LogP contribution is -2.25. The summed E-state index contributed by atoms with van der Waals surface area (Å²) in [5.41, 5.74) is -0.555. The van der Waals surface area contributed by atoms with Crippen LogP contribution >= 0.6 is 0 Å². The summed E-state index contributed by atoms with van der Waals surface area (Å²) < 4.78 is 0. The topological polar surface area (TPSA) is 140 Å². The van der Waals surface area contributed by atoms with Crippen molar-refractivity contribution in [2.45, 2.75) is 98.3 Å². The summed E-state index contributed by atoms with van der Waals surface area (Å²) in [4.78, 5) is 47.1. The zero-order chi connectivity index (χ0) is 23.9. The molecule has 0 unspecified atom stereocenters. The van der Waals surface area contributed by atoms with E-state index in [4.69, 9.17) is 10.5 Å². The highest BCUT2D eigenvalue weighted by Gasteiger charge is 2.23. The highest BCUT2D eigenvalue weighted by molar-refractivity contribution is 5.81. The summed E-state index contributed by atoms with van der Waals surface area (Å²) in [6, 6.07) is 0. The molecule has 8 nitrogen and oxygen atoms in total. The number of nitrogens with zero attached hydrogens (tertiary/aromatic N) is 2. The minimum Gasteiger partial charge on any atom is -0.300 e. The first-order valence-corrected chi connectivity index (χ1v) is 10.8. The van der Waals surface area contributed by atoms with Gasteiger partial charge in [-0.2, -0.15) is 10.5 Å². The van der Waals surface area contributed by atoms with Gasteiger partial charge in [-0.3, -0.25) is 29.8 Å². The Balaban J connectivity index is 3.98. The Morgan fingerprint density at radius 2 is 0.968 bits per heavy atom. The maximum atomic E-state index is 12.0. The van der Waals surface area contributed by atoms with Gasteiger partial charge >= 0.3 is 0 Å². The van der Waals surface area contributed by atoms with Crippen molar-refractivity contribution in [2.75, 3.05) is 0 Å². The molecule has 0 atom stereocenters. The summed E-state index contributed by atoms with van der Waals surface area (Å²) >= 11 is 0. The Morgan fingerprint density at radius 3 is 1.29 bits per heavy atom. The molecule has 0 aliphatic rings. The molecule has 0 fully saturated rings. The number of carbonyl (C=O) groups excluding carboxylic acids is 4. The van der Waals surface area contributed by atoms with E-state index in [1.807, 2.05) is 27.7 Å². The third kappa shape index (κ3) is 15.7. The number of carbonyl (C=O) groups is 4. The van der Waals surface area contributed by atoms with Gasteiger partial charge in [-0.15, -0.1) is 0 Å². The molecule has 0 spiro atoms. The molecule has 172 valence electrons. The fraction of sp³-hybridized carbons (Fsp3) is 0.739. The predicted octanol–water partition coefficient (Wildman–Crippen LogP) is 3.66. The van der Waals surface area contributed by atoms with Gasteiger partial charge in [0.25, 0.3) is 0 Å². The van der Waals surface area contributed by atoms with Crippen LogP contribution in [0, 0.1) is 33.7 Å². The van der Waals surface area contributed by atoms with Gasteiger partial charge in [-0.05, 0) is 42.9 Å². The van der Waals surface area contributed by atoms with Crippen molar-refractivity contribution >= 4 is 23.4 Å². The lowest BCUT2D eigenvalue weighted by Gasteiger charge is -2.23. The Kier molecular flexibility index (Phi) is 13.0. The minimum atomic E-state index is -0.314. The fourth-order valence-corrected chi connectivity index (χ4v) is 3.52. The summed E-state index contributed by atoms with van der Waals surface area (Å²) in [5, 5.41) is 21.2. The van der Waals surface area contributed by atoms with Gasteiger partial charge in [0.2, 0.25) is 11.8 Å². The number of nitrogens with one attached hydrogen (secondary N) is 2. The lowest BCUT2D eigenvalue weighted by atomic mass is 9.83. The largest absolute Gasteiger partial charge is 0.300 e. The molecule has 8 heteroatoms. The molecule has 2 N–H and O–H groups in total. The number of hydrogen-bond acceptors (Lipinski definition) is 6. The Labute approximate surface area is 185 Å². The molecular weight excluding hydrogens is 396 g/mol. The first-order valence-electron chi connectivity index (χ1n) is 10.8. The predicted molar refractivity (Wildman–Crippen MR) is 116 cm³/mol. The quantitative estimate of drug-likeness (QED) is 0.282. The first kappa shape index (κ1) is 28.3. The number of hydrogen-bond donors (Lipinski definition) is 2. The second-order valence-electron chi connectivity index (χ2n) is 9.64. The highest BCUT2D eigenvalue weighted by atomic mass is 16.2. The molecule has 0 aliphatic carbocycles. The normalized spacial score (nSPS) is 11.2. The number of amides is 2. The van der Waals surface area contributed by atoms with Gasteiger partial charge in [0.05, 0.1) is 0 Å². The summed E-state index contributed by atoms with van der Waals surface area (Å²) in [7, 11) is 0. The van der Waals surface area contributed by atoms with Crippen LogP contribution in [0.2, 0.25) is 0 Å². The molecule has 0 rings (SSSR count). The number of Topliss-reactive ketones (excluding diaryl/α,β-unsaturated/α-hetero) is 2. The summed E-state index contributed by atoms with van der Waals surface area (Å²) in [6.07, 6.45) is 8.63. The molecule has 2 amide bonds. The van der Waals surface area contributed by atoms with Crippen LogP contribution < -0.4 is 10.6 Å². The van der Waals surface area contributed by atoms with Gasteiger partial charge in [0, 0.05) is 38.5 Å². The van der Waals surface area contributed by atoms with Gasteiger partial charge in [-0.1, -0.05) is 27.7 Å². The van der Waals surface area contributed by atoms with Crippen LogP contribution in [0.3, 0.4) is 0 Å². The minimum absolute atomic E-state index is 0.120. The zero-order valence-corrected chi connectivity index (χ0v) is 19.3. The molecule has 0 saturated carbocycles. The van der Waals surface area contributed by atoms with Crippen LogP contribution in [0.1, 0.15) is 98.3 Å². The lowest BCUT2D eigenvalue weighted by molar-refractivity contribution is -0.123. The van der Waals surface area contributed by atoms with Crippen molar-refractivity contribution < 1.29 is 19.2 Å². The molecular formula is C23H36N4O4. The van der Waals surface area contributed by atoms with E-state index >= 15 is 0 Å². The Hall–Kier alpha value is -2.74. The molecule has 0 aromatic carbocycles. The summed E-state index contributed by atoms with van der Waals surface area (Å²) in [5.74, 6) is -0.387. The van der Waals surface area contributed by atoms with Crippen molar-refractivity contribution in [3.8, 4) is 12.4 Å². The van der Waals surface area contributed by atoms with Crippen molar-refractivity contribution in [3.63, 3.8) is 0 Å². The fourth-order valence-electron chi connectivity index (χ4n) is 3.52. The third-order valence-corrected chi connectivity index (χ3v) is 5.20. The van der Waals surface area contributed by atoms with Gasteiger partial charge in [0.15, 0.2) is 12.4 Å².